The zero-order chi connectivity index (χ0) is 20.2. The van der Waals surface area contributed by atoms with Gasteiger partial charge in [-0.15, -0.1) is 5.56 Å². The van der Waals surface area contributed by atoms with Crippen molar-refractivity contribution in [1.82, 2.24) is 5.32 Å². The van der Waals surface area contributed by atoms with Crippen LogP contribution >= 0.6 is 17.5 Å². The standard InChI is InChI=1S/C11H16N.C11H17P.ClH.Pd/c1-9(2)12-10(3)11-7-5-4-6-8-11;1-11(2,3)12(4)10-8-6-5-7-9-10;;/h4-7,9-10,12H,1-3H3;5-9H,1-4H3;1H;/q-1;;;+2/p-1/t10-;12-;;/m01../s1. The molecule has 0 aromatic heterocycles. The zero-order valence-electron chi connectivity index (χ0n) is 17.0. The van der Waals surface area contributed by atoms with Crippen LogP contribution in [0.25, 0.3) is 0 Å². The van der Waals surface area contributed by atoms with E-state index < -0.39 is 0 Å². The van der Waals surface area contributed by atoms with E-state index in [0.29, 0.717) is 17.2 Å². The van der Waals surface area contributed by atoms with Crippen molar-refractivity contribution >= 4 is 22.8 Å². The molecule has 0 heterocycles. The van der Waals surface area contributed by atoms with Gasteiger partial charge < -0.3 is 5.32 Å². The number of nitrogens with one attached hydrogen (secondary N) is 1. The molecule has 2 atom stereocenters. The summed E-state index contributed by atoms with van der Waals surface area (Å²) in [5.41, 5.74) is 1.23. The molecule has 0 spiro atoms. The molecule has 0 saturated heterocycles. The first-order chi connectivity index (χ1) is 12.2. The Morgan fingerprint density at radius 3 is 1.92 bits per heavy atom. The van der Waals surface area contributed by atoms with Crippen LogP contribution in [0.2, 0.25) is 0 Å². The molecule has 2 aromatic rings. The summed E-state index contributed by atoms with van der Waals surface area (Å²) in [6.07, 6.45) is 0. The van der Waals surface area contributed by atoms with Gasteiger partial charge in [0.2, 0.25) is 0 Å². The van der Waals surface area contributed by atoms with Crippen molar-refractivity contribution in [3.8, 4) is 0 Å². The first-order valence-electron chi connectivity index (χ1n) is 8.85. The molecule has 0 aliphatic rings. The summed E-state index contributed by atoms with van der Waals surface area (Å²) in [7, 11) is 4.47. The van der Waals surface area contributed by atoms with Gasteiger partial charge in [0.05, 0.1) is 0 Å². The van der Waals surface area contributed by atoms with E-state index in [2.05, 4.69) is 124 Å². The number of benzene rings is 2. The fourth-order valence-electron chi connectivity index (χ4n) is 2.31. The molecule has 0 saturated carbocycles. The second kappa shape index (κ2) is 13.9. The van der Waals surface area contributed by atoms with Gasteiger partial charge in [0, 0.05) is 12.1 Å². The van der Waals surface area contributed by atoms with Gasteiger partial charge in [-0.2, -0.15) is 30.3 Å². The van der Waals surface area contributed by atoms with Gasteiger partial charge >= 0.3 is 27.7 Å². The van der Waals surface area contributed by atoms with Crippen molar-refractivity contribution in [3.63, 3.8) is 0 Å². The van der Waals surface area contributed by atoms with E-state index in [-0.39, 0.29) is 7.92 Å². The number of rotatable bonds is 4. The minimum atomic E-state index is -0.0167. The third-order valence-corrected chi connectivity index (χ3v) is 7.02. The van der Waals surface area contributed by atoms with E-state index in [1.165, 1.54) is 10.9 Å². The van der Waals surface area contributed by atoms with Crippen LogP contribution < -0.4 is 10.6 Å². The van der Waals surface area contributed by atoms with Crippen molar-refractivity contribution in [2.45, 2.75) is 58.8 Å². The molecule has 1 nitrogen and oxygen atoms in total. The van der Waals surface area contributed by atoms with Gasteiger partial charge in [-0.25, -0.2) is 0 Å². The van der Waals surface area contributed by atoms with E-state index in [4.69, 9.17) is 0 Å². The van der Waals surface area contributed by atoms with Gasteiger partial charge in [0.15, 0.2) is 0 Å². The summed E-state index contributed by atoms with van der Waals surface area (Å²) >= 11 is 2.22. The summed E-state index contributed by atoms with van der Waals surface area (Å²) in [6, 6.07) is 23.0. The van der Waals surface area contributed by atoms with Crippen molar-refractivity contribution < 1.29 is 18.2 Å². The molecule has 148 valence electrons. The van der Waals surface area contributed by atoms with Gasteiger partial charge in [0.1, 0.15) is 0 Å². The SMILES string of the molecule is CC(C)N[C@@H](C)c1[c-]cccc1.C[P@](c1ccccc1)C(C)(C)C.[Cl][Pd+]. The van der Waals surface area contributed by atoms with Crippen molar-refractivity contribution in [2.24, 2.45) is 0 Å². The summed E-state index contributed by atoms with van der Waals surface area (Å²) in [4.78, 5) is 0. The summed E-state index contributed by atoms with van der Waals surface area (Å²) < 4.78 is 0. The summed E-state index contributed by atoms with van der Waals surface area (Å²) in [5, 5.41) is 5.36. The van der Waals surface area contributed by atoms with Gasteiger partial charge in [-0.3, -0.25) is 0 Å². The van der Waals surface area contributed by atoms with E-state index in [1.807, 2.05) is 18.2 Å². The van der Waals surface area contributed by atoms with Gasteiger partial charge in [-0.1, -0.05) is 72.9 Å². The predicted octanol–water partition coefficient (Wildman–Crippen LogP) is 6.45. The molecule has 2 aromatic carbocycles. The molecule has 0 bridgehead atoms. The maximum atomic E-state index is 4.49. The Hall–Kier alpha value is -0.218. The van der Waals surface area contributed by atoms with Gasteiger partial charge in [0.25, 0.3) is 0 Å². The van der Waals surface area contributed by atoms with Crippen LogP contribution in [0.15, 0.2) is 54.6 Å². The molecule has 0 aliphatic carbocycles. The fraction of sp³-hybridized carbons (Fsp3) is 0.455. The Balaban J connectivity index is 0.000000439. The molecule has 2 rings (SSSR count). The quantitative estimate of drug-likeness (QED) is 0.299. The maximum absolute atomic E-state index is 4.49. The summed E-state index contributed by atoms with van der Waals surface area (Å²) in [5.74, 6) is 0. The molecule has 0 aliphatic heterocycles. The average Bonchev–Trinajstić information content (AvgIpc) is 2.63. The van der Waals surface area contributed by atoms with E-state index in [9.17, 15) is 0 Å². The van der Waals surface area contributed by atoms with E-state index in [1.54, 1.807) is 0 Å². The monoisotopic (exact) mass is 483 g/mol. The van der Waals surface area contributed by atoms with Crippen molar-refractivity contribution in [1.29, 1.82) is 0 Å². The third-order valence-electron chi connectivity index (χ3n) is 3.93. The predicted molar refractivity (Wildman–Crippen MR) is 116 cm³/mol. The Morgan fingerprint density at radius 2 is 1.50 bits per heavy atom. The van der Waals surface area contributed by atoms with Crippen LogP contribution in [0.3, 0.4) is 0 Å². The van der Waals surface area contributed by atoms with Gasteiger partial charge in [-0.05, 0) is 24.0 Å². The fourth-order valence-corrected chi connectivity index (χ4v) is 3.70. The van der Waals surface area contributed by atoms with Crippen LogP contribution in [0, 0.1) is 6.07 Å². The molecule has 1 N–H and O–H groups in total. The number of hydrogen-bond acceptors (Lipinski definition) is 1. The second-order valence-electron chi connectivity index (χ2n) is 7.43. The molecular weight excluding hydrogens is 451 g/mol. The topological polar surface area (TPSA) is 12.0 Å². The normalized spacial score (nSPS) is 13.0. The third kappa shape index (κ3) is 10.8. The Bertz CT molecular complexity index is 570. The Morgan fingerprint density at radius 1 is 0.962 bits per heavy atom. The first-order valence-corrected chi connectivity index (χ1v) is 12.6. The zero-order valence-corrected chi connectivity index (χ0v) is 20.2. The summed E-state index contributed by atoms with van der Waals surface area (Å²) in [6.45, 7) is 15.7. The molecule has 0 radical (unpaired) electrons. The molecule has 26 heavy (non-hydrogen) atoms. The first kappa shape index (κ1) is 25.8. The van der Waals surface area contributed by atoms with Crippen LogP contribution in [-0.4, -0.2) is 17.9 Å². The second-order valence-corrected chi connectivity index (χ2v) is 10.4. The van der Waals surface area contributed by atoms with Crippen LogP contribution in [-0.2, 0) is 18.2 Å². The number of hydrogen-bond donors (Lipinski definition) is 1. The Kier molecular flexibility index (Phi) is 13.8. The minimum absolute atomic E-state index is 0.0167. The van der Waals surface area contributed by atoms with Crippen molar-refractivity contribution in [2.75, 3.05) is 6.66 Å². The molecule has 0 fully saturated rings. The van der Waals surface area contributed by atoms with E-state index >= 15 is 0 Å². The number of halogens is 1. The molecule has 0 unspecified atom stereocenters. The van der Waals surface area contributed by atoms with Crippen LogP contribution in [0.4, 0.5) is 0 Å². The van der Waals surface area contributed by atoms with Crippen LogP contribution in [0.1, 0.15) is 53.1 Å². The van der Waals surface area contributed by atoms with E-state index in [0.717, 1.165) is 0 Å². The molecule has 4 heteroatoms. The average molecular weight is 484 g/mol. The molecule has 0 amide bonds. The molecular formula is C22H33ClNPPd. The van der Waals surface area contributed by atoms with Crippen molar-refractivity contribution in [3.05, 3.63) is 66.2 Å². The Labute approximate surface area is 177 Å². The van der Waals surface area contributed by atoms with Crippen LogP contribution in [0.5, 0.6) is 0 Å².